The van der Waals surface area contributed by atoms with E-state index in [2.05, 4.69) is 15.0 Å². The highest BCUT2D eigenvalue weighted by Crippen LogP contribution is 2.28. The third-order valence-corrected chi connectivity index (χ3v) is 2.18. The molecular weight excluding hydrogens is 263 g/mol. The van der Waals surface area contributed by atoms with Gasteiger partial charge in [-0.05, 0) is 12.1 Å². The predicted octanol–water partition coefficient (Wildman–Crippen LogP) is 2.26. The van der Waals surface area contributed by atoms with E-state index < -0.39 is 23.5 Å². The Morgan fingerprint density at radius 3 is 2.47 bits per heavy atom. The van der Waals surface area contributed by atoms with Gasteiger partial charge in [-0.3, -0.25) is 4.98 Å². The van der Waals surface area contributed by atoms with E-state index in [1.165, 1.54) is 18.3 Å². The van der Waals surface area contributed by atoms with Gasteiger partial charge in [0.05, 0.1) is 5.69 Å². The van der Waals surface area contributed by atoms with Crippen molar-refractivity contribution in [3.8, 4) is 11.4 Å². The Bertz CT molecular complexity index is 614. The summed E-state index contributed by atoms with van der Waals surface area (Å²) < 4.78 is 37.6. The number of carboxylic acid groups (broad SMARTS) is 1. The molecule has 0 radical (unpaired) electrons. The Labute approximate surface area is 104 Å². The summed E-state index contributed by atoms with van der Waals surface area (Å²) in [6.45, 7) is 0. The van der Waals surface area contributed by atoms with Gasteiger partial charge < -0.3 is 5.11 Å². The molecule has 2 rings (SSSR count). The molecule has 2 aromatic heterocycles. The Kier molecular flexibility index (Phi) is 3.16. The van der Waals surface area contributed by atoms with Crippen molar-refractivity contribution in [3.05, 3.63) is 42.0 Å². The van der Waals surface area contributed by atoms with E-state index in [0.717, 1.165) is 0 Å². The van der Waals surface area contributed by atoms with Gasteiger partial charge in [0.15, 0.2) is 0 Å². The van der Waals surface area contributed by atoms with Crippen LogP contribution in [0.4, 0.5) is 13.2 Å². The fraction of sp³-hybridized carbons (Fsp3) is 0.0909. The number of carboxylic acids is 1. The summed E-state index contributed by atoms with van der Waals surface area (Å²) in [5.41, 5.74) is -0.769. The van der Waals surface area contributed by atoms with Crippen LogP contribution in [0.3, 0.4) is 0 Å². The van der Waals surface area contributed by atoms with Gasteiger partial charge in [0.1, 0.15) is 11.3 Å². The van der Waals surface area contributed by atoms with Crippen molar-refractivity contribution in [2.24, 2.45) is 0 Å². The number of aromatic carboxylic acids is 1. The molecule has 2 heterocycles. The highest BCUT2D eigenvalue weighted by atomic mass is 19.4. The second kappa shape index (κ2) is 4.63. The Morgan fingerprint density at radius 1 is 1.21 bits per heavy atom. The first-order chi connectivity index (χ1) is 8.89. The number of pyridine rings is 1. The zero-order valence-corrected chi connectivity index (χ0v) is 9.22. The Balaban J connectivity index is 2.65. The van der Waals surface area contributed by atoms with Gasteiger partial charge in [-0.15, -0.1) is 0 Å². The second-order valence-electron chi connectivity index (χ2n) is 3.47. The van der Waals surface area contributed by atoms with Crippen LogP contribution >= 0.6 is 0 Å². The quantitative estimate of drug-likeness (QED) is 0.904. The highest BCUT2D eigenvalue weighted by molar-refractivity contribution is 5.93. The Hall–Kier alpha value is -2.51. The summed E-state index contributed by atoms with van der Waals surface area (Å²) >= 11 is 0. The van der Waals surface area contributed by atoms with Crippen molar-refractivity contribution in [3.63, 3.8) is 0 Å². The third-order valence-electron chi connectivity index (χ3n) is 2.18. The van der Waals surface area contributed by atoms with Crippen molar-refractivity contribution in [1.29, 1.82) is 0 Å². The lowest BCUT2D eigenvalue weighted by molar-refractivity contribution is -0.144. The monoisotopic (exact) mass is 269 g/mol. The molecule has 5 nitrogen and oxygen atoms in total. The fourth-order valence-electron chi connectivity index (χ4n) is 1.37. The molecule has 98 valence electrons. The second-order valence-corrected chi connectivity index (χ2v) is 3.47. The number of halogens is 3. The molecule has 19 heavy (non-hydrogen) atoms. The zero-order valence-electron chi connectivity index (χ0n) is 9.22. The van der Waals surface area contributed by atoms with Crippen LogP contribution in [0.2, 0.25) is 0 Å². The number of hydrogen-bond donors (Lipinski definition) is 1. The topological polar surface area (TPSA) is 76.0 Å². The lowest BCUT2D eigenvalue weighted by Gasteiger charge is -2.08. The molecule has 1 N–H and O–H groups in total. The van der Waals surface area contributed by atoms with Gasteiger partial charge in [0.2, 0.25) is 5.82 Å². The van der Waals surface area contributed by atoms with E-state index in [0.29, 0.717) is 6.20 Å². The minimum atomic E-state index is -4.75. The lowest BCUT2D eigenvalue weighted by atomic mass is 10.1. The number of carbonyl (C=O) groups is 1. The molecule has 0 unspecified atom stereocenters. The van der Waals surface area contributed by atoms with E-state index >= 15 is 0 Å². The smallest absolute Gasteiger partial charge is 0.451 e. The lowest BCUT2D eigenvalue weighted by Crippen LogP contribution is -2.14. The summed E-state index contributed by atoms with van der Waals surface area (Å²) in [4.78, 5) is 21.0. The molecule has 8 heteroatoms. The number of nitrogens with zero attached hydrogens (tertiary/aromatic N) is 3. The summed E-state index contributed by atoms with van der Waals surface area (Å²) in [6.07, 6.45) is -2.79. The van der Waals surface area contributed by atoms with E-state index in [4.69, 9.17) is 5.11 Å². The first-order valence-corrected chi connectivity index (χ1v) is 4.98. The van der Waals surface area contributed by atoms with E-state index in [9.17, 15) is 18.0 Å². The number of hydrogen-bond acceptors (Lipinski definition) is 4. The molecule has 0 saturated carbocycles. The molecular formula is C11H6F3N3O2. The number of alkyl halides is 3. The molecule has 0 fully saturated rings. The summed E-state index contributed by atoms with van der Waals surface area (Å²) in [5, 5.41) is 8.93. The van der Waals surface area contributed by atoms with Gasteiger partial charge in [-0.1, -0.05) is 6.07 Å². The van der Waals surface area contributed by atoms with Crippen LogP contribution in [0.5, 0.6) is 0 Å². The van der Waals surface area contributed by atoms with Crippen molar-refractivity contribution < 1.29 is 23.1 Å². The first kappa shape index (κ1) is 12.9. The van der Waals surface area contributed by atoms with Gasteiger partial charge in [-0.2, -0.15) is 13.2 Å². The van der Waals surface area contributed by atoms with Crippen molar-refractivity contribution in [2.75, 3.05) is 0 Å². The van der Waals surface area contributed by atoms with Crippen LogP contribution in [0.15, 0.2) is 30.6 Å². The van der Waals surface area contributed by atoms with Gasteiger partial charge >= 0.3 is 12.1 Å². The van der Waals surface area contributed by atoms with E-state index in [-0.39, 0.29) is 11.4 Å². The molecule has 0 aliphatic rings. The van der Waals surface area contributed by atoms with Gasteiger partial charge in [-0.25, -0.2) is 14.8 Å². The maximum absolute atomic E-state index is 12.5. The maximum atomic E-state index is 12.5. The first-order valence-electron chi connectivity index (χ1n) is 4.98. The zero-order chi connectivity index (χ0) is 14.0. The summed E-state index contributed by atoms with van der Waals surface area (Å²) in [5.74, 6) is -2.83. The molecule has 0 aromatic carbocycles. The predicted molar refractivity (Wildman–Crippen MR) is 57.2 cm³/mol. The summed E-state index contributed by atoms with van der Waals surface area (Å²) in [6, 6.07) is 4.44. The molecule has 0 spiro atoms. The molecule has 0 amide bonds. The molecule has 0 bridgehead atoms. The van der Waals surface area contributed by atoms with Crippen LogP contribution in [-0.4, -0.2) is 26.0 Å². The third kappa shape index (κ3) is 2.67. The van der Waals surface area contributed by atoms with Gasteiger partial charge in [0, 0.05) is 12.4 Å². The van der Waals surface area contributed by atoms with Crippen LogP contribution in [0.1, 0.15) is 16.2 Å². The number of aromatic nitrogens is 3. The highest BCUT2D eigenvalue weighted by Gasteiger charge is 2.35. The van der Waals surface area contributed by atoms with E-state index in [1.54, 1.807) is 6.07 Å². The standard InChI is InChI=1S/C11H6F3N3O2/c12-11(13,14)10-16-5-6(9(18)19)8(17-10)7-3-1-2-4-15-7/h1-5H,(H,18,19). The minimum absolute atomic E-state index is 0.0350. The largest absolute Gasteiger partial charge is 0.478 e. The molecule has 2 aromatic rings. The maximum Gasteiger partial charge on any atom is 0.451 e. The Morgan fingerprint density at radius 2 is 1.95 bits per heavy atom. The normalized spacial score (nSPS) is 11.3. The average Bonchev–Trinajstić information content (AvgIpc) is 2.38. The molecule has 0 aliphatic carbocycles. The summed E-state index contributed by atoms with van der Waals surface area (Å²) in [7, 11) is 0. The number of rotatable bonds is 2. The van der Waals surface area contributed by atoms with Crippen molar-refractivity contribution in [2.45, 2.75) is 6.18 Å². The van der Waals surface area contributed by atoms with Crippen molar-refractivity contribution >= 4 is 5.97 Å². The molecule has 0 saturated heterocycles. The van der Waals surface area contributed by atoms with Crippen LogP contribution < -0.4 is 0 Å². The molecule has 0 aliphatic heterocycles. The average molecular weight is 269 g/mol. The SMILES string of the molecule is O=C(O)c1cnc(C(F)(F)F)nc1-c1ccccn1. The van der Waals surface area contributed by atoms with Crippen LogP contribution in [0, 0.1) is 0 Å². The van der Waals surface area contributed by atoms with Crippen molar-refractivity contribution in [1.82, 2.24) is 15.0 Å². The van der Waals surface area contributed by atoms with Crippen LogP contribution in [0.25, 0.3) is 11.4 Å². The van der Waals surface area contributed by atoms with E-state index in [1.807, 2.05) is 0 Å². The van der Waals surface area contributed by atoms with Gasteiger partial charge in [0.25, 0.3) is 0 Å². The minimum Gasteiger partial charge on any atom is -0.478 e. The molecule has 0 atom stereocenters. The van der Waals surface area contributed by atoms with Crippen LogP contribution in [-0.2, 0) is 6.18 Å². The fourth-order valence-corrected chi connectivity index (χ4v) is 1.37.